The first kappa shape index (κ1) is 12.5. The monoisotopic (exact) mass is 271 g/mol. The SMILES string of the molecule is CCC(C)(CN)Nc1ncc(Br)cc1C. The quantitative estimate of drug-likeness (QED) is 0.886. The van der Waals surface area contributed by atoms with Gasteiger partial charge in [-0.15, -0.1) is 0 Å². The van der Waals surface area contributed by atoms with Gasteiger partial charge in [0.15, 0.2) is 0 Å². The Morgan fingerprint density at radius 2 is 2.27 bits per heavy atom. The van der Waals surface area contributed by atoms with E-state index in [0.29, 0.717) is 6.54 Å². The number of rotatable bonds is 4. The van der Waals surface area contributed by atoms with Crippen molar-refractivity contribution in [3.63, 3.8) is 0 Å². The molecule has 0 bridgehead atoms. The smallest absolute Gasteiger partial charge is 0.129 e. The Hall–Kier alpha value is -0.610. The van der Waals surface area contributed by atoms with Crippen LogP contribution in [0.15, 0.2) is 16.7 Å². The normalized spacial score (nSPS) is 14.7. The third kappa shape index (κ3) is 3.18. The van der Waals surface area contributed by atoms with Crippen LogP contribution in [0.3, 0.4) is 0 Å². The third-order valence-corrected chi connectivity index (χ3v) is 3.13. The number of halogens is 1. The summed E-state index contributed by atoms with van der Waals surface area (Å²) in [4.78, 5) is 4.35. The van der Waals surface area contributed by atoms with Crippen LogP contribution < -0.4 is 11.1 Å². The Morgan fingerprint density at radius 3 is 2.73 bits per heavy atom. The zero-order chi connectivity index (χ0) is 11.5. The van der Waals surface area contributed by atoms with Gasteiger partial charge in [-0.2, -0.15) is 0 Å². The number of nitrogens with zero attached hydrogens (tertiary/aromatic N) is 1. The summed E-state index contributed by atoms with van der Waals surface area (Å²) in [7, 11) is 0. The molecule has 1 aromatic heterocycles. The molecule has 0 saturated heterocycles. The van der Waals surface area contributed by atoms with E-state index < -0.39 is 0 Å². The molecule has 0 aliphatic carbocycles. The van der Waals surface area contributed by atoms with Gasteiger partial charge in [0.05, 0.1) is 0 Å². The van der Waals surface area contributed by atoms with E-state index in [1.807, 2.05) is 13.0 Å². The standard InChI is InChI=1S/C11H18BrN3/c1-4-11(3,7-13)15-10-8(2)5-9(12)6-14-10/h5-6H,4,7,13H2,1-3H3,(H,14,15). The highest BCUT2D eigenvalue weighted by atomic mass is 79.9. The third-order valence-electron chi connectivity index (χ3n) is 2.70. The van der Waals surface area contributed by atoms with Crippen molar-refractivity contribution in [1.29, 1.82) is 0 Å². The molecule has 0 aliphatic rings. The highest BCUT2D eigenvalue weighted by Gasteiger charge is 2.20. The first-order chi connectivity index (χ1) is 7.00. The average Bonchev–Trinajstić information content (AvgIpc) is 2.22. The lowest BCUT2D eigenvalue weighted by atomic mass is 9.99. The van der Waals surface area contributed by atoms with Gasteiger partial charge in [-0.25, -0.2) is 4.98 Å². The van der Waals surface area contributed by atoms with E-state index in [4.69, 9.17) is 5.73 Å². The molecule has 0 spiro atoms. The topological polar surface area (TPSA) is 50.9 Å². The predicted octanol–water partition coefficient (Wildman–Crippen LogP) is 2.69. The Balaban J connectivity index is 2.89. The van der Waals surface area contributed by atoms with Crippen LogP contribution in [0.5, 0.6) is 0 Å². The molecule has 3 N–H and O–H groups in total. The fourth-order valence-electron chi connectivity index (χ4n) is 1.24. The van der Waals surface area contributed by atoms with Gasteiger partial charge in [-0.3, -0.25) is 0 Å². The number of nitrogens with two attached hydrogens (primary N) is 1. The van der Waals surface area contributed by atoms with Crippen molar-refractivity contribution in [2.75, 3.05) is 11.9 Å². The largest absolute Gasteiger partial charge is 0.363 e. The van der Waals surface area contributed by atoms with E-state index in [1.165, 1.54) is 0 Å². The van der Waals surface area contributed by atoms with E-state index >= 15 is 0 Å². The minimum Gasteiger partial charge on any atom is -0.363 e. The van der Waals surface area contributed by atoms with E-state index in [0.717, 1.165) is 22.3 Å². The average molecular weight is 272 g/mol. The molecule has 3 nitrogen and oxygen atoms in total. The Bertz CT molecular complexity index is 335. The maximum absolute atomic E-state index is 5.75. The van der Waals surface area contributed by atoms with Gasteiger partial charge >= 0.3 is 0 Å². The van der Waals surface area contributed by atoms with Crippen molar-refractivity contribution in [3.8, 4) is 0 Å². The predicted molar refractivity (Wildman–Crippen MR) is 68.0 cm³/mol. The Morgan fingerprint density at radius 1 is 1.60 bits per heavy atom. The minimum absolute atomic E-state index is 0.0778. The lowest BCUT2D eigenvalue weighted by Crippen LogP contribution is -2.42. The number of anilines is 1. The number of pyridine rings is 1. The first-order valence-electron chi connectivity index (χ1n) is 5.11. The van der Waals surface area contributed by atoms with Crippen LogP contribution >= 0.6 is 15.9 Å². The van der Waals surface area contributed by atoms with Crippen LogP contribution in [0.25, 0.3) is 0 Å². The van der Waals surface area contributed by atoms with Gasteiger partial charge in [-0.05, 0) is 47.8 Å². The molecule has 0 amide bonds. The second-order valence-electron chi connectivity index (χ2n) is 4.06. The summed E-state index contributed by atoms with van der Waals surface area (Å²) in [5.41, 5.74) is 6.79. The fraction of sp³-hybridized carbons (Fsp3) is 0.545. The summed E-state index contributed by atoms with van der Waals surface area (Å²) in [6.45, 7) is 6.86. The van der Waals surface area contributed by atoms with Crippen LogP contribution in [0.1, 0.15) is 25.8 Å². The fourth-order valence-corrected chi connectivity index (χ4v) is 1.69. The molecule has 0 aliphatic heterocycles. The molecular weight excluding hydrogens is 254 g/mol. The van der Waals surface area contributed by atoms with Gasteiger partial charge in [-0.1, -0.05) is 6.92 Å². The molecule has 0 fully saturated rings. The molecule has 0 aromatic carbocycles. The summed E-state index contributed by atoms with van der Waals surface area (Å²) in [6, 6.07) is 2.04. The van der Waals surface area contributed by atoms with Crippen LogP contribution in [0, 0.1) is 6.92 Å². The lowest BCUT2D eigenvalue weighted by Gasteiger charge is -2.29. The maximum Gasteiger partial charge on any atom is 0.129 e. The molecule has 0 saturated carbocycles. The molecule has 15 heavy (non-hydrogen) atoms. The molecule has 84 valence electrons. The van der Waals surface area contributed by atoms with Gasteiger partial charge in [0.1, 0.15) is 5.82 Å². The van der Waals surface area contributed by atoms with E-state index in [9.17, 15) is 0 Å². The van der Waals surface area contributed by atoms with Crippen molar-refractivity contribution in [2.45, 2.75) is 32.7 Å². The number of nitrogens with one attached hydrogen (secondary N) is 1. The highest BCUT2D eigenvalue weighted by molar-refractivity contribution is 9.10. The van der Waals surface area contributed by atoms with Crippen LogP contribution in [-0.4, -0.2) is 17.1 Å². The van der Waals surface area contributed by atoms with Crippen molar-refractivity contribution in [3.05, 3.63) is 22.3 Å². The molecular formula is C11H18BrN3. The lowest BCUT2D eigenvalue weighted by molar-refractivity contribution is 0.504. The van der Waals surface area contributed by atoms with Crippen molar-refractivity contribution < 1.29 is 0 Å². The summed E-state index contributed by atoms with van der Waals surface area (Å²) < 4.78 is 0.997. The zero-order valence-corrected chi connectivity index (χ0v) is 11.1. The Labute approximate surface area is 99.6 Å². The Kier molecular flexibility index (Phi) is 4.11. The summed E-state index contributed by atoms with van der Waals surface area (Å²) in [6.07, 6.45) is 2.77. The van der Waals surface area contributed by atoms with Crippen LogP contribution in [-0.2, 0) is 0 Å². The maximum atomic E-state index is 5.75. The summed E-state index contributed by atoms with van der Waals surface area (Å²) >= 11 is 3.40. The van der Waals surface area contributed by atoms with Gasteiger partial charge in [0, 0.05) is 22.8 Å². The highest BCUT2D eigenvalue weighted by Crippen LogP contribution is 2.21. The van der Waals surface area contributed by atoms with Gasteiger partial charge < -0.3 is 11.1 Å². The molecule has 0 radical (unpaired) electrons. The molecule has 1 aromatic rings. The van der Waals surface area contributed by atoms with E-state index in [1.54, 1.807) is 6.20 Å². The summed E-state index contributed by atoms with van der Waals surface area (Å²) in [5.74, 6) is 0.910. The van der Waals surface area contributed by atoms with Gasteiger partial charge in [0.2, 0.25) is 0 Å². The van der Waals surface area contributed by atoms with E-state index in [2.05, 4.69) is 40.1 Å². The number of hydrogen-bond donors (Lipinski definition) is 2. The zero-order valence-electron chi connectivity index (χ0n) is 9.47. The number of aromatic nitrogens is 1. The number of hydrogen-bond acceptors (Lipinski definition) is 3. The molecule has 1 unspecified atom stereocenters. The second kappa shape index (κ2) is 4.94. The molecule has 1 heterocycles. The van der Waals surface area contributed by atoms with Crippen molar-refractivity contribution >= 4 is 21.7 Å². The molecule has 4 heteroatoms. The second-order valence-corrected chi connectivity index (χ2v) is 4.98. The van der Waals surface area contributed by atoms with Gasteiger partial charge in [0.25, 0.3) is 0 Å². The number of aryl methyl sites for hydroxylation is 1. The summed E-state index contributed by atoms with van der Waals surface area (Å²) in [5, 5.41) is 3.39. The molecule has 1 rings (SSSR count). The minimum atomic E-state index is -0.0778. The van der Waals surface area contributed by atoms with Crippen LogP contribution in [0.2, 0.25) is 0 Å². The van der Waals surface area contributed by atoms with Crippen molar-refractivity contribution in [1.82, 2.24) is 4.98 Å². The first-order valence-corrected chi connectivity index (χ1v) is 5.90. The van der Waals surface area contributed by atoms with Crippen LogP contribution in [0.4, 0.5) is 5.82 Å². The van der Waals surface area contributed by atoms with Crippen molar-refractivity contribution in [2.24, 2.45) is 5.73 Å². The molecule has 1 atom stereocenters. The van der Waals surface area contributed by atoms with E-state index in [-0.39, 0.29) is 5.54 Å².